The molecule has 0 unspecified atom stereocenters. The zero-order valence-electron chi connectivity index (χ0n) is 7.75. The molecule has 0 atom stereocenters. The summed E-state index contributed by atoms with van der Waals surface area (Å²) in [4.78, 5) is 11.2. The van der Waals surface area contributed by atoms with Crippen molar-refractivity contribution in [2.45, 2.75) is 0 Å². The van der Waals surface area contributed by atoms with Gasteiger partial charge in [-0.1, -0.05) is 18.2 Å². The van der Waals surface area contributed by atoms with Gasteiger partial charge in [0.25, 0.3) is 0 Å². The molecule has 0 fully saturated rings. The van der Waals surface area contributed by atoms with Crippen LogP contribution in [0.3, 0.4) is 0 Å². The molecule has 0 heterocycles. The average molecular weight is 250 g/mol. The molecule has 82 valence electrons. The maximum atomic E-state index is 11.2. The van der Waals surface area contributed by atoms with E-state index in [4.69, 9.17) is 10.7 Å². The molecule has 1 amide bonds. The minimum absolute atomic E-state index is 0.124. The molecule has 15 heavy (non-hydrogen) atoms. The molecule has 1 aromatic rings. The highest BCUT2D eigenvalue weighted by Gasteiger charge is 2.27. The smallest absolute Gasteiger partial charge is 0.429 e. The van der Waals surface area contributed by atoms with Crippen molar-refractivity contribution in [1.29, 1.82) is 0 Å². The summed E-state index contributed by atoms with van der Waals surface area (Å²) in [5.41, 5.74) is 0.124. The standard InChI is InChI=1S/C8H8ClNO4S/c1-14-8(11)10(15(9,12)13)7-5-3-2-4-6-7/h2-6H,1H3. The number of rotatable bonds is 2. The second-order valence-electron chi connectivity index (χ2n) is 2.51. The van der Waals surface area contributed by atoms with Gasteiger partial charge in [0.1, 0.15) is 0 Å². The van der Waals surface area contributed by atoms with E-state index in [1.165, 1.54) is 12.1 Å². The second kappa shape index (κ2) is 4.50. The number of hydrogen-bond acceptors (Lipinski definition) is 4. The summed E-state index contributed by atoms with van der Waals surface area (Å²) in [5, 5.41) is 0. The number of methoxy groups -OCH3 is 1. The number of hydrogen-bond donors (Lipinski definition) is 0. The fourth-order valence-electron chi connectivity index (χ4n) is 0.967. The van der Waals surface area contributed by atoms with Crippen LogP contribution < -0.4 is 4.31 Å². The van der Waals surface area contributed by atoms with Crippen molar-refractivity contribution in [2.75, 3.05) is 11.4 Å². The molecule has 7 heteroatoms. The Balaban J connectivity index is 3.20. The molecule has 0 aromatic heterocycles. The van der Waals surface area contributed by atoms with Crippen LogP contribution in [0.1, 0.15) is 0 Å². The fraction of sp³-hybridized carbons (Fsp3) is 0.125. The Morgan fingerprint density at radius 1 is 1.33 bits per heavy atom. The summed E-state index contributed by atoms with van der Waals surface area (Å²) in [5.74, 6) is 0. The highest BCUT2D eigenvalue weighted by molar-refractivity contribution is 8.15. The first-order valence-electron chi connectivity index (χ1n) is 3.84. The molecule has 0 N–H and O–H groups in total. The lowest BCUT2D eigenvalue weighted by Gasteiger charge is -2.16. The van der Waals surface area contributed by atoms with Gasteiger partial charge in [-0.3, -0.25) is 0 Å². The van der Waals surface area contributed by atoms with E-state index in [1.54, 1.807) is 18.2 Å². The summed E-state index contributed by atoms with van der Waals surface area (Å²) in [7, 11) is 1.98. The van der Waals surface area contributed by atoms with Crippen molar-refractivity contribution in [3.63, 3.8) is 0 Å². The summed E-state index contributed by atoms with van der Waals surface area (Å²) in [6, 6.07) is 7.69. The van der Waals surface area contributed by atoms with E-state index in [0.29, 0.717) is 4.31 Å². The van der Waals surface area contributed by atoms with Crippen molar-refractivity contribution in [2.24, 2.45) is 0 Å². The number of para-hydroxylation sites is 1. The molecule has 0 saturated carbocycles. The van der Waals surface area contributed by atoms with Crippen molar-refractivity contribution in [3.05, 3.63) is 30.3 Å². The summed E-state index contributed by atoms with van der Waals surface area (Å²) in [6.45, 7) is 0. The first-order chi connectivity index (χ1) is 6.96. The van der Waals surface area contributed by atoms with Gasteiger partial charge in [0.05, 0.1) is 12.8 Å². The molecule has 1 aromatic carbocycles. The number of ether oxygens (including phenoxy) is 1. The normalized spacial score (nSPS) is 10.8. The molecule has 5 nitrogen and oxygen atoms in total. The SMILES string of the molecule is COC(=O)N(c1ccccc1)S(=O)(=O)Cl. The number of carbonyl (C=O) groups excluding carboxylic acids is 1. The van der Waals surface area contributed by atoms with Gasteiger partial charge in [-0.25, -0.2) is 4.79 Å². The number of halogens is 1. The Bertz CT molecular complexity index is 445. The second-order valence-corrected chi connectivity index (χ2v) is 4.87. The highest BCUT2D eigenvalue weighted by atomic mass is 35.7. The minimum Gasteiger partial charge on any atom is -0.452 e. The van der Waals surface area contributed by atoms with Gasteiger partial charge in [-0.2, -0.15) is 12.7 Å². The molecule has 0 aliphatic heterocycles. The number of nitrogens with zero attached hydrogens (tertiary/aromatic N) is 1. The Morgan fingerprint density at radius 2 is 1.87 bits per heavy atom. The van der Waals surface area contributed by atoms with Crippen molar-refractivity contribution < 1.29 is 17.9 Å². The Hall–Kier alpha value is -1.27. The Kier molecular flexibility index (Phi) is 3.54. The first kappa shape index (κ1) is 11.8. The number of carbonyl (C=O) groups is 1. The van der Waals surface area contributed by atoms with Crippen LogP contribution in [0, 0.1) is 0 Å². The van der Waals surface area contributed by atoms with Crippen LogP contribution in [0.4, 0.5) is 10.5 Å². The topological polar surface area (TPSA) is 63.7 Å². The predicted octanol–water partition coefficient (Wildman–Crippen LogP) is 1.74. The Labute approximate surface area is 91.8 Å². The van der Waals surface area contributed by atoms with Crippen LogP contribution in [0.5, 0.6) is 0 Å². The maximum Gasteiger partial charge on any atom is 0.429 e. The molecule has 0 radical (unpaired) electrons. The fourth-order valence-corrected chi connectivity index (χ4v) is 2.00. The number of amides is 1. The van der Waals surface area contributed by atoms with Gasteiger partial charge < -0.3 is 4.74 Å². The lowest BCUT2D eigenvalue weighted by atomic mass is 10.3. The number of anilines is 1. The van der Waals surface area contributed by atoms with E-state index < -0.39 is 15.3 Å². The monoisotopic (exact) mass is 249 g/mol. The van der Waals surface area contributed by atoms with Crippen LogP contribution >= 0.6 is 10.7 Å². The van der Waals surface area contributed by atoms with E-state index in [-0.39, 0.29) is 5.69 Å². The largest absolute Gasteiger partial charge is 0.452 e. The third-order valence-corrected chi connectivity index (χ3v) is 2.76. The van der Waals surface area contributed by atoms with E-state index >= 15 is 0 Å². The molecular formula is C8H8ClNO4S. The summed E-state index contributed by atoms with van der Waals surface area (Å²) < 4.78 is 26.9. The van der Waals surface area contributed by atoms with E-state index in [0.717, 1.165) is 7.11 Å². The van der Waals surface area contributed by atoms with Crippen LogP contribution in [-0.2, 0) is 14.0 Å². The zero-order chi connectivity index (χ0) is 11.5. The third-order valence-electron chi connectivity index (χ3n) is 1.55. The van der Waals surface area contributed by atoms with Crippen LogP contribution in [-0.4, -0.2) is 21.6 Å². The van der Waals surface area contributed by atoms with Gasteiger partial charge in [0, 0.05) is 10.7 Å². The molecule has 0 spiro atoms. The molecule has 0 saturated heterocycles. The van der Waals surface area contributed by atoms with Gasteiger partial charge in [-0.15, -0.1) is 0 Å². The van der Waals surface area contributed by atoms with E-state index in [1.807, 2.05) is 0 Å². The molecule has 0 bridgehead atoms. The predicted molar refractivity (Wildman–Crippen MR) is 56.1 cm³/mol. The number of benzene rings is 1. The van der Waals surface area contributed by atoms with Gasteiger partial charge in [-0.05, 0) is 12.1 Å². The lowest BCUT2D eigenvalue weighted by molar-refractivity contribution is 0.183. The molecule has 0 aliphatic carbocycles. The minimum atomic E-state index is -4.20. The molecule has 1 rings (SSSR count). The summed E-state index contributed by atoms with van der Waals surface area (Å²) >= 11 is 0. The molecular weight excluding hydrogens is 242 g/mol. The zero-order valence-corrected chi connectivity index (χ0v) is 9.33. The van der Waals surface area contributed by atoms with Gasteiger partial charge in [0.15, 0.2) is 0 Å². The van der Waals surface area contributed by atoms with Crippen molar-refractivity contribution in [3.8, 4) is 0 Å². The van der Waals surface area contributed by atoms with E-state index in [9.17, 15) is 13.2 Å². The van der Waals surface area contributed by atoms with E-state index in [2.05, 4.69) is 4.74 Å². The quantitative estimate of drug-likeness (QED) is 0.749. The Morgan fingerprint density at radius 3 is 2.27 bits per heavy atom. The van der Waals surface area contributed by atoms with Crippen LogP contribution in [0.25, 0.3) is 0 Å². The highest BCUT2D eigenvalue weighted by Crippen LogP contribution is 2.20. The third kappa shape index (κ3) is 2.84. The van der Waals surface area contributed by atoms with Crippen LogP contribution in [0.2, 0.25) is 0 Å². The lowest BCUT2D eigenvalue weighted by Crippen LogP contribution is -2.33. The van der Waals surface area contributed by atoms with Gasteiger partial charge >= 0.3 is 15.3 Å². The van der Waals surface area contributed by atoms with Crippen LogP contribution in [0.15, 0.2) is 30.3 Å². The average Bonchev–Trinajstić information content (AvgIpc) is 2.17. The van der Waals surface area contributed by atoms with Gasteiger partial charge in [0.2, 0.25) is 0 Å². The molecule has 0 aliphatic rings. The maximum absolute atomic E-state index is 11.2. The summed E-state index contributed by atoms with van der Waals surface area (Å²) in [6.07, 6.45) is -1.06. The van der Waals surface area contributed by atoms with Crippen molar-refractivity contribution in [1.82, 2.24) is 0 Å². The first-order valence-corrected chi connectivity index (χ1v) is 6.11. The van der Waals surface area contributed by atoms with Crippen molar-refractivity contribution >= 4 is 31.7 Å².